The monoisotopic (exact) mass is 252 g/mol. The van der Waals surface area contributed by atoms with Gasteiger partial charge < -0.3 is 5.32 Å². The largest absolute Gasteiger partial charge is 0.319 e. The maximum absolute atomic E-state index is 6.01. The van der Waals surface area contributed by atoms with Crippen LogP contribution in [0.2, 0.25) is 5.02 Å². The highest BCUT2D eigenvalue weighted by Crippen LogP contribution is 2.19. The molecule has 17 heavy (non-hydrogen) atoms. The summed E-state index contributed by atoms with van der Waals surface area (Å²) >= 11 is 6.01. The highest BCUT2D eigenvalue weighted by atomic mass is 35.5. The summed E-state index contributed by atoms with van der Waals surface area (Å²) in [6.07, 6.45) is 2.67. The minimum absolute atomic E-state index is 0.799. The van der Waals surface area contributed by atoms with Crippen molar-refractivity contribution in [2.24, 2.45) is 5.92 Å². The fourth-order valence-electron chi connectivity index (χ4n) is 2.64. The summed E-state index contributed by atoms with van der Waals surface area (Å²) in [6.45, 7) is 4.58. The number of hydrogen-bond donors (Lipinski definition) is 1. The molecule has 1 aromatic rings. The molecule has 1 unspecified atom stereocenters. The van der Waals surface area contributed by atoms with E-state index in [1.165, 1.54) is 31.5 Å². The molecule has 1 aromatic carbocycles. The molecule has 3 heteroatoms. The minimum Gasteiger partial charge on any atom is -0.319 e. The van der Waals surface area contributed by atoms with E-state index in [9.17, 15) is 0 Å². The fourth-order valence-corrected chi connectivity index (χ4v) is 2.86. The van der Waals surface area contributed by atoms with Crippen LogP contribution in [0.4, 0.5) is 0 Å². The van der Waals surface area contributed by atoms with Crippen molar-refractivity contribution in [3.05, 3.63) is 34.9 Å². The Morgan fingerprint density at radius 2 is 2.35 bits per heavy atom. The van der Waals surface area contributed by atoms with E-state index in [0.29, 0.717) is 0 Å². The summed E-state index contributed by atoms with van der Waals surface area (Å²) in [5, 5.41) is 4.12. The molecule has 0 amide bonds. The van der Waals surface area contributed by atoms with Crippen LogP contribution in [0.3, 0.4) is 0 Å². The van der Waals surface area contributed by atoms with Crippen LogP contribution in [0.1, 0.15) is 18.4 Å². The lowest BCUT2D eigenvalue weighted by Gasteiger charge is -2.32. The summed E-state index contributed by atoms with van der Waals surface area (Å²) in [5.74, 6) is 0.799. The molecule has 0 spiro atoms. The van der Waals surface area contributed by atoms with Gasteiger partial charge in [-0.2, -0.15) is 0 Å². The first kappa shape index (κ1) is 12.9. The molecule has 0 aliphatic carbocycles. The summed E-state index contributed by atoms with van der Waals surface area (Å²) in [6, 6.07) is 8.20. The lowest BCUT2D eigenvalue weighted by Crippen LogP contribution is -2.38. The van der Waals surface area contributed by atoms with E-state index >= 15 is 0 Å². The predicted octanol–water partition coefficient (Wildman–Crippen LogP) is 2.77. The van der Waals surface area contributed by atoms with Crippen LogP contribution >= 0.6 is 11.6 Å². The summed E-state index contributed by atoms with van der Waals surface area (Å²) < 4.78 is 0. The number of benzene rings is 1. The molecule has 2 rings (SSSR count). The highest BCUT2D eigenvalue weighted by molar-refractivity contribution is 6.30. The second-order valence-electron chi connectivity index (χ2n) is 4.93. The standard InChI is InChI=1S/C14H21ClN2/c1-16-9-13-5-3-7-17(11-13)10-12-4-2-6-14(15)8-12/h2,4,6,8,13,16H,3,5,7,9-11H2,1H3. The van der Waals surface area contributed by atoms with Gasteiger partial charge in [0.05, 0.1) is 0 Å². The van der Waals surface area contributed by atoms with E-state index in [2.05, 4.69) is 22.3 Å². The Morgan fingerprint density at radius 1 is 1.47 bits per heavy atom. The lowest BCUT2D eigenvalue weighted by molar-refractivity contribution is 0.167. The molecule has 0 saturated carbocycles. The number of piperidine rings is 1. The van der Waals surface area contributed by atoms with Gasteiger partial charge in [0.15, 0.2) is 0 Å². The van der Waals surface area contributed by atoms with Crippen molar-refractivity contribution in [1.29, 1.82) is 0 Å². The van der Waals surface area contributed by atoms with Crippen molar-refractivity contribution in [3.8, 4) is 0 Å². The number of nitrogens with one attached hydrogen (secondary N) is 1. The molecular weight excluding hydrogens is 232 g/mol. The maximum Gasteiger partial charge on any atom is 0.0409 e. The van der Waals surface area contributed by atoms with Crippen molar-refractivity contribution in [3.63, 3.8) is 0 Å². The summed E-state index contributed by atoms with van der Waals surface area (Å²) in [5.41, 5.74) is 1.32. The zero-order valence-electron chi connectivity index (χ0n) is 10.5. The van der Waals surface area contributed by atoms with Gasteiger partial charge >= 0.3 is 0 Å². The van der Waals surface area contributed by atoms with Crippen molar-refractivity contribution in [2.45, 2.75) is 19.4 Å². The zero-order valence-corrected chi connectivity index (χ0v) is 11.2. The minimum atomic E-state index is 0.799. The third-order valence-corrected chi connectivity index (χ3v) is 3.63. The van der Waals surface area contributed by atoms with E-state index in [0.717, 1.165) is 24.0 Å². The summed E-state index contributed by atoms with van der Waals surface area (Å²) in [7, 11) is 2.04. The normalized spacial score (nSPS) is 21.6. The van der Waals surface area contributed by atoms with E-state index < -0.39 is 0 Å². The molecule has 94 valence electrons. The average molecular weight is 253 g/mol. The SMILES string of the molecule is CNCC1CCCN(Cc2cccc(Cl)c2)C1. The maximum atomic E-state index is 6.01. The van der Waals surface area contributed by atoms with Crippen molar-refractivity contribution in [1.82, 2.24) is 10.2 Å². The average Bonchev–Trinajstić information content (AvgIpc) is 2.30. The molecule has 1 saturated heterocycles. The van der Waals surface area contributed by atoms with Crippen LogP contribution < -0.4 is 5.32 Å². The Morgan fingerprint density at radius 3 is 3.12 bits per heavy atom. The van der Waals surface area contributed by atoms with Gasteiger partial charge in [0.25, 0.3) is 0 Å². The molecule has 0 bridgehead atoms. The second kappa shape index (κ2) is 6.39. The Labute approximate surface area is 109 Å². The smallest absolute Gasteiger partial charge is 0.0409 e. The van der Waals surface area contributed by atoms with Crippen LogP contribution in [0.15, 0.2) is 24.3 Å². The Kier molecular flexibility index (Phi) is 4.84. The van der Waals surface area contributed by atoms with Crippen molar-refractivity contribution >= 4 is 11.6 Å². The Bertz CT molecular complexity index is 352. The van der Waals surface area contributed by atoms with Gasteiger partial charge in [-0.05, 0) is 56.6 Å². The topological polar surface area (TPSA) is 15.3 Å². The third-order valence-electron chi connectivity index (χ3n) is 3.39. The first-order valence-electron chi connectivity index (χ1n) is 6.39. The molecule has 1 aliphatic rings. The predicted molar refractivity (Wildman–Crippen MR) is 73.4 cm³/mol. The van der Waals surface area contributed by atoms with E-state index in [-0.39, 0.29) is 0 Å². The van der Waals surface area contributed by atoms with Crippen LogP contribution in [0.25, 0.3) is 0 Å². The van der Waals surface area contributed by atoms with Gasteiger partial charge in [-0.25, -0.2) is 0 Å². The van der Waals surface area contributed by atoms with Gasteiger partial charge in [-0.3, -0.25) is 4.90 Å². The number of halogens is 1. The van der Waals surface area contributed by atoms with E-state index in [1.54, 1.807) is 0 Å². The van der Waals surface area contributed by atoms with E-state index in [4.69, 9.17) is 11.6 Å². The molecule has 0 radical (unpaired) electrons. The Balaban J connectivity index is 1.90. The number of hydrogen-bond acceptors (Lipinski definition) is 2. The van der Waals surface area contributed by atoms with Gasteiger partial charge in [-0.1, -0.05) is 23.7 Å². The molecule has 1 N–H and O–H groups in total. The molecule has 2 nitrogen and oxygen atoms in total. The molecule has 1 atom stereocenters. The van der Waals surface area contributed by atoms with Crippen LogP contribution in [0, 0.1) is 5.92 Å². The van der Waals surface area contributed by atoms with Crippen LogP contribution in [0.5, 0.6) is 0 Å². The zero-order chi connectivity index (χ0) is 12.1. The number of rotatable bonds is 4. The molecule has 0 aromatic heterocycles. The molecule has 1 aliphatic heterocycles. The number of nitrogens with zero attached hydrogens (tertiary/aromatic N) is 1. The highest BCUT2D eigenvalue weighted by Gasteiger charge is 2.19. The summed E-state index contributed by atoms with van der Waals surface area (Å²) in [4.78, 5) is 2.54. The molecule has 1 fully saturated rings. The Hall–Kier alpha value is -0.570. The first-order valence-corrected chi connectivity index (χ1v) is 6.77. The van der Waals surface area contributed by atoms with Gasteiger partial charge in [0.1, 0.15) is 0 Å². The number of likely N-dealkylation sites (tertiary alicyclic amines) is 1. The lowest BCUT2D eigenvalue weighted by atomic mass is 9.97. The van der Waals surface area contributed by atoms with Gasteiger partial charge in [-0.15, -0.1) is 0 Å². The third kappa shape index (κ3) is 3.98. The molecule has 1 heterocycles. The van der Waals surface area contributed by atoms with Crippen LogP contribution in [-0.4, -0.2) is 31.6 Å². The van der Waals surface area contributed by atoms with Crippen molar-refractivity contribution in [2.75, 3.05) is 26.7 Å². The van der Waals surface area contributed by atoms with Crippen molar-refractivity contribution < 1.29 is 0 Å². The fraction of sp³-hybridized carbons (Fsp3) is 0.571. The first-order chi connectivity index (χ1) is 8.28. The van der Waals surface area contributed by atoms with Gasteiger partial charge in [0, 0.05) is 18.1 Å². The molecular formula is C14H21ClN2. The quantitative estimate of drug-likeness (QED) is 0.887. The second-order valence-corrected chi connectivity index (χ2v) is 5.37. The van der Waals surface area contributed by atoms with E-state index in [1.807, 2.05) is 19.2 Å². The van der Waals surface area contributed by atoms with Crippen LogP contribution in [-0.2, 0) is 6.54 Å². The van der Waals surface area contributed by atoms with Gasteiger partial charge in [0.2, 0.25) is 0 Å².